The van der Waals surface area contributed by atoms with Crippen molar-refractivity contribution in [1.29, 1.82) is 0 Å². The van der Waals surface area contributed by atoms with E-state index in [2.05, 4.69) is 15.6 Å². The molecule has 1 aromatic carbocycles. The van der Waals surface area contributed by atoms with Gasteiger partial charge in [0.05, 0.1) is 16.8 Å². The standard InChI is InChI=1S/C27H26N4O5S2/c32-20-5-4-18(22(33)29-20)31-25(35)17-2-1-3-19(21(17)26(31)36)37-11-16-12-38-24(28-16)23(34)30-27-9-13-6-14(10-27)8-15(27)7-13/h1-3,12-15,18H,4-11H2,(H,30,34)(H,29,32,33). The van der Waals surface area contributed by atoms with Crippen LogP contribution in [0.4, 0.5) is 0 Å². The summed E-state index contributed by atoms with van der Waals surface area (Å²) in [6.07, 6.45) is 6.17. The Labute approximate surface area is 227 Å². The Morgan fingerprint density at radius 2 is 1.92 bits per heavy atom. The lowest BCUT2D eigenvalue weighted by atomic mass is 9.80. The molecular formula is C27H26N4O5S2. The molecule has 4 saturated carbocycles. The zero-order valence-corrected chi connectivity index (χ0v) is 22.2. The van der Waals surface area contributed by atoms with Gasteiger partial charge in [-0.25, -0.2) is 4.98 Å². The third-order valence-corrected chi connectivity index (χ3v) is 10.9. The van der Waals surface area contributed by atoms with Crippen molar-refractivity contribution in [3.63, 3.8) is 0 Å². The van der Waals surface area contributed by atoms with Crippen molar-refractivity contribution >= 4 is 52.6 Å². The van der Waals surface area contributed by atoms with E-state index < -0.39 is 29.7 Å². The summed E-state index contributed by atoms with van der Waals surface area (Å²) in [6, 6.07) is 4.07. The van der Waals surface area contributed by atoms with E-state index in [9.17, 15) is 24.0 Å². The monoisotopic (exact) mass is 550 g/mol. The first-order valence-corrected chi connectivity index (χ1v) is 14.9. The minimum atomic E-state index is -0.998. The van der Waals surface area contributed by atoms with Gasteiger partial charge in [0, 0.05) is 28.0 Å². The molecular weight excluding hydrogens is 524 g/mol. The molecule has 11 heteroatoms. The van der Waals surface area contributed by atoms with Gasteiger partial charge in [0.2, 0.25) is 11.8 Å². The molecule has 1 saturated heterocycles. The number of piperidine rings is 1. The van der Waals surface area contributed by atoms with Gasteiger partial charge in [0.15, 0.2) is 5.01 Å². The molecule has 196 valence electrons. The maximum Gasteiger partial charge on any atom is 0.280 e. The number of thiazole rings is 1. The predicted molar refractivity (Wildman–Crippen MR) is 139 cm³/mol. The molecule has 5 fully saturated rings. The number of imide groups is 2. The Morgan fingerprint density at radius 1 is 1.13 bits per heavy atom. The molecule has 0 radical (unpaired) electrons. The van der Waals surface area contributed by atoms with Crippen LogP contribution in [0.15, 0.2) is 28.5 Å². The molecule has 5 amide bonds. The zero-order chi connectivity index (χ0) is 26.2. The summed E-state index contributed by atoms with van der Waals surface area (Å²) in [4.78, 5) is 69.5. The van der Waals surface area contributed by atoms with E-state index in [4.69, 9.17) is 0 Å². The molecule has 2 aromatic rings. The van der Waals surface area contributed by atoms with E-state index in [0.29, 0.717) is 21.6 Å². The van der Waals surface area contributed by atoms with Crippen molar-refractivity contribution in [3.8, 4) is 0 Å². The summed E-state index contributed by atoms with van der Waals surface area (Å²) in [5.41, 5.74) is 1.21. The number of nitrogens with one attached hydrogen (secondary N) is 2. The normalized spacial score (nSPS) is 31.2. The predicted octanol–water partition coefficient (Wildman–Crippen LogP) is 3.15. The fourth-order valence-electron chi connectivity index (χ4n) is 7.51. The Morgan fingerprint density at radius 3 is 2.68 bits per heavy atom. The van der Waals surface area contributed by atoms with E-state index in [1.165, 1.54) is 42.4 Å². The van der Waals surface area contributed by atoms with Gasteiger partial charge in [-0.15, -0.1) is 23.1 Å². The Balaban J connectivity index is 1.04. The van der Waals surface area contributed by atoms with Crippen LogP contribution in [0.25, 0.3) is 0 Å². The smallest absolute Gasteiger partial charge is 0.280 e. The van der Waals surface area contributed by atoms with Gasteiger partial charge in [0.25, 0.3) is 17.7 Å². The summed E-state index contributed by atoms with van der Waals surface area (Å²) in [6.45, 7) is 0. The van der Waals surface area contributed by atoms with Gasteiger partial charge in [-0.05, 0) is 68.4 Å². The van der Waals surface area contributed by atoms with Crippen molar-refractivity contribution in [3.05, 3.63) is 45.4 Å². The number of benzene rings is 1. The first-order valence-electron chi connectivity index (χ1n) is 13.1. The van der Waals surface area contributed by atoms with Gasteiger partial charge in [-0.3, -0.25) is 34.2 Å². The third kappa shape index (κ3) is 3.73. The number of carbonyl (C=O) groups is 5. The first-order chi connectivity index (χ1) is 18.3. The molecule has 3 atom stereocenters. The highest BCUT2D eigenvalue weighted by Gasteiger charge is 2.58. The van der Waals surface area contributed by atoms with E-state index in [1.54, 1.807) is 18.2 Å². The molecule has 9 nitrogen and oxygen atoms in total. The Hall–Kier alpha value is -3.05. The molecule has 1 aromatic heterocycles. The minimum absolute atomic E-state index is 0.0445. The highest BCUT2D eigenvalue weighted by Crippen LogP contribution is 2.60. The summed E-state index contributed by atoms with van der Waals surface area (Å²) < 4.78 is 0. The molecule has 8 rings (SSSR count). The minimum Gasteiger partial charge on any atom is -0.344 e. The lowest BCUT2D eigenvalue weighted by Crippen LogP contribution is -2.54. The van der Waals surface area contributed by atoms with Crippen LogP contribution in [-0.4, -0.2) is 51.0 Å². The van der Waals surface area contributed by atoms with E-state index in [-0.39, 0.29) is 35.4 Å². The number of nitrogens with zero attached hydrogens (tertiary/aromatic N) is 2. The number of hydrogen-bond donors (Lipinski definition) is 2. The maximum absolute atomic E-state index is 13.3. The van der Waals surface area contributed by atoms with Gasteiger partial charge in [-0.2, -0.15) is 0 Å². The molecule has 2 N–H and O–H groups in total. The highest BCUT2D eigenvalue weighted by molar-refractivity contribution is 7.98. The molecule has 6 aliphatic rings. The van der Waals surface area contributed by atoms with Crippen molar-refractivity contribution in [2.75, 3.05) is 0 Å². The van der Waals surface area contributed by atoms with Gasteiger partial charge >= 0.3 is 0 Å². The summed E-state index contributed by atoms with van der Waals surface area (Å²) in [7, 11) is 0. The second kappa shape index (κ2) is 8.74. The van der Waals surface area contributed by atoms with Crippen molar-refractivity contribution in [1.82, 2.24) is 20.5 Å². The quantitative estimate of drug-likeness (QED) is 0.418. The molecule has 3 heterocycles. The second-order valence-corrected chi connectivity index (χ2v) is 13.1. The number of rotatable bonds is 6. The van der Waals surface area contributed by atoms with Crippen molar-refractivity contribution < 1.29 is 24.0 Å². The van der Waals surface area contributed by atoms with Crippen LogP contribution in [-0.2, 0) is 15.3 Å². The van der Waals surface area contributed by atoms with Crippen LogP contribution in [0, 0.1) is 17.8 Å². The average Bonchev–Trinajstić information content (AvgIpc) is 3.58. The second-order valence-electron chi connectivity index (χ2n) is 11.2. The van der Waals surface area contributed by atoms with Gasteiger partial charge < -0.3 is 5.32 Å². The first kappa shape index (κ1) is 24.0. The van der Waals surface area contributed by atoms with Crippen LogP contribution in [0.3, 0.4) is 0 Å². The van der Waals surface area contributed by atoms with Gasteiger partial charge in [-0.1, -0.05) is 6.07 Å². The largest absolute Gasteiger partial charge is 0.344 e. The molecule has 2 aliphatic heterocycles. The van der Waals surface area contributed by atoms with Crippen LogP contribution in [0.2, 0.25) is 0 Å². The number of fused-ring (bicyclic) bond motifs is 1. The summed E-state index contributed by atoms with van der Waals surface area (Å²) >= 11 is 2.70. The van der Waals surface area contributed by atoms with Crippen LogP contribution < -0.4 is 10.6 Å². The van der Waals surface area contributed by atoms with E-state index >= 15 is 0 Å². The number of aromatic nitrogens is 1. The van der Waals surface area contributed by atoms with Crippen LogP contribution in [0.5, 0.6) is 0 Å². The Kier molecular flexibility index (Phi) is 5.52. The van der Waals surface area contributed by atoms with Crippen molar-refractivity contribution in [2.45, 2.75) is 67.2 Å². The molecule has 0 spiro atoms. The zero-order valence-electron chi connectivity index (χ0n) is 20.5. The molecule has 4 bridgehead atoms. The summed E-state index contributed by atoms with van der Waals surface area (Å²) in [5.74, 6) is 0.358. The number of thioether (sulfide) groups is 1. The third-order valence-electron chi connectivity index (χ3n) is 8.90. The Bertz CT molecular complexity index is 1410. The fraction of sp³-hybridized carbons (Fsp3) is 0.481. The average molecular weight is 551 g/mol. The number of amides is 5. The molecule has 4 aliphatic carbocycles. The van der Waals surface area contributed by atoms with E-state index in [1.807, 2.05) is 5.38 Å². The lowest BCUT2D eigenvalue weighted by molar-refractivity contribution is -0.136. The number of carbonyl (C=O) groups excluding carboxylic acids is 5. The molecule has 38 heavy (non-hydrogen) atoms. The molecule has 3 unspecified atom stereocenters. The number of hydrogen-bond acceptors (Lipinski definition) is 8. The van der Waals surface area contributed by atoms with Crippen molar-refractivity contribution in [2.24, 2.45) is 17.8 Å². The van der Waals surface area contributed by atoms with Crippen LogP contribution in [0.1, 0.15) is 81.2 Å². The summed E-state index contributed by atoms with van der Waals surface area (Å²) in [5, 5.41) is 7.90. The van der Waals surface area contributed by atoms with Gasteiger partial charge in [0.1, 0.15) is 6.04 Å². The SMILES string of the molecule is O=C1CCC(N2C(=O)c3cccc(SCc4csc(C(=O)NC56CC7CC(CC5C7)C6)n4)c3C2=O)C(=O)N1. The fourth-order valence-corrected chi connectivity index (χ4v) is 9.30. The lowest BCUT2D eigenvalue weighted by Gasteiger charge is -2.33. The highest BCUT2D eigenvalue weighted by atomic mass is 32.2. The topological polar surface area (TPSA) is 126 Å². The maximum atomic E-state index is 13.3. The van der Waals surface area contributed by atoms with E-state index in [0.717, 1.165) is 35.3 Å². The van der Waals surface area contributed by atoms with Crippen LogP contribution >= 0.6 is 23.1 Å².